The molecule has 0 bridgehead atoms. The first-order chi connectivity index (χ1) is 7.95. The number of ether oxygens (including phenoxy) is 1. The van der Waals surface area contributed by atoms with E-state index in [0.29, 0.717) is 6.61 Å². The van der Waals surface area contributed by atoms with Crippen molar-refractivity contribution in [3.05, 3.63) is 0 Å². The molecule has 17 heavy (non-hydrogen) atoms. The van der Waals surface area contributed by atoms with Gasteiger partial charge < -0.3 is 9.84 Å². The van der Waals surface area contributed by atoms with Gasteiger partial charge in [0.15, 0.2) is 0 Å². The lowest BCUT2D eigenvalue weighted by molar-refractivity contribution is -0.146. The second-order valence-electron chi connectivity index (χ2n) is 3.16. The molecule has 0 aromatic heterocycles. The summed E-state index contributed by atoms with van der Waals surface area (Å²) in [5, 5.41) is 8.36. The Hall–Kier alpha value is -0.570. The number of carbonyl (C=O) groups is 1. The molecule has 0 spiro atoms. The molecule has 0 aromatic rings. The van der Waals surface area contributed by atoms with Gasteiger partial charge in [-0.3, -0.25) is 4.79 Å². The maximum Gasteiger partial charge on any atom is 0.308 e. The third-order valence-corrected chi connectivity index (χ3v) is 1.35. The zero-order valence-corrected chi connectivity index (χ0v) is 13.3. The molecule has 0 heterocycles. The maximum atomic E-state index is 10.5. The summed E-state index contributed by atoms with van der Waals surface area (Å²) in [6, 6.07) is 0. The van der Waals surface area contributed by atoms with E-state index < -0.39 is 0 Å². The van der Waals surface area contributed by atoms with Crippen LogP contribution in [0.3, 0.4) is 0 Å². The van der Waals surface area contributed by atoms with Crippen LogP contribution in [0.15, 0.2) is 0 Å². The molecule has 108 valence electrons. The Bertz CT molecular complexity index is 121. The van der Waals surface area contributed by atoms with Crippen molar-refractivity contribution in [2.75, 3.05) is 6.61 Å². The topological polar surface area (TPSA) is 46.5 Å². The van der Waals surface area contributed by atoms with Crippen LogP contribution >= 0.6 is 0 Å². The van der Waals surface area contributed by atoms with Crippen LogP contribution in [0.5, 0.6) is 0 Å². The molecule has 0 rings (SSSR count). The second kappa shape index (κ2) is 24.6. The molecule has 0 saturated carbocycles. The molecular weight excluding hydrogens is 216 g/mol. The summed E-state index contributed by atoms with van der Waals surface area (Å²) in [5.74, 6) is -0.109. The highest BCUT2D eigenvalue weighted by Gasteiger charge is 2.04. The van der Waals surface area contributed by atoms with Gasteiger partial charge in [-0.05, 0) is 20.3 Å². The Morgan fingerprint density at radius 2 is 1.35 bits per heavy atom. The predicted molar refractivity (Wildman–Crippen MR) is 76.1 cm³/mol. The fourth-order valence-corrected chi connectivity index (χ4v) is 0.309. The van der Waals surface area contributed by atoms with Crippen LogP contribution in [0.25, 0.3) is 0 Å². The highest BCUT2D eigenvalue weighted by molar-refractivity contribution is 5.71. The predicted octanol–water partition coefficient (Wildman–Crippen LogP) is 4.04. The Balaban J connectivity index is -0.0000000809. The summed E-state index contributed by atoms with van der Waals surface area (Å²) in [6.07, 6.45) is 0.745. The molecule has 3 nitrogen and oxygen atoms in total. The molecule has 1 atom stereocenters. The van der Waals surface area contributed by atoms with Crippen molar-refractivity contribution in [3.8, 4) is 0 Å². The quantitative estimate of drug-likeness (QED) is 0.769. The molecule has 1 N–H and O–H groups in total. The largest absolute Gasteiger partial charge is 0.466 e. The minimum absolute atomic E-state index is 0.00921. The summed E-state index contributed by atoms with van der Waals surface area (Å²) in [7, 11) is 0. The zero-order chi connectivity index (χ0) is 14.9. The zero-order valence-electron chi connectivity index (χ0n) is 13.3. The van der Waals surface area contributed by atoms with Crippen molar-refractivity contribution in [3.63, 3.8) is 0 Å². The van der Waals surface area contributed by atoms with E-state index in [4.69, 9.17) is 5.11 Å². The van der Waals surface area contributed by atoms with Gasteiger partial charge in [-0.25, -0.2) is 0 Å². The first-order valence-corrected chi connectivity index (χ1v) is 6.80. The van der Waals surface area contributed by atoms with E-state index in [1.54, 1.807) is 13.8 Å². The van der Waals surface area contributed by atoms with Crippen molar-refractivity contribution >= 4 is 5.97 Å². The molecule has 0 saturated heterocycles. The number of aliphatic hydroxyl groups is 1. The lowest BCUT2D eigenvalue weighted by Crippen LogP contribution is -2.10. The van der Waals surface area contributed by atoms with Gasteiger partial charge in [0.1, 0.15) is 0 Å². The SMILES string of the molecule is CC.CC.CCC(C)O.CCOC(=O)C(C)C. The Kier molecular flexibility index (Phi) is 36.6. The van der Waals surface area contributed by atoms with Crippen molar-refractivity contribution < 1.29 is 14.6 Å². The van der Waals surface area contributed by atoms with E-state index in [2.05, 4.69) is 4.74 Å². The van der Waals surface area contributed by atoms with Gasteiger partial charge in [0.25, 0.3) is 0 Å². The fourth-order valence-electron chi connectivity index (χ4n) is 0.309. The van der Waals surface area contributed by atoms with E-state index in [-0.39, 0.29) is 18.0 Å². The molecular formula is C14H34O3. The molecule has 3 heteroatoms. The average molecular weight is 250 g/mol. The average Bonchev–Trinajstić information content (AvgIpc) is 2.35. The minimum atomic E-state index is -0.118. The lowest BCUT2D eigenvalue weighted by atomic mass is 10.2. The van der Waals surface area contributed by atoms with Gasteiger partial charge in [-0.15, -0.1) is 0 Å². The number of carbonyl (C=O) groups excluding carboxylic acids is 1. The first-order valence-electron chi connectivity index (χ1n) is 6.80. The van der Waals surface area contributed by atoms with Gasteiger partial charge in [-0.2, -0.15) is 0 Å². The van der Waals surface area contributed by atoms with E-state index >= 15 is 0 Å². The monoisotopic (exact) mass is 250 g/mol. The summed E-state index contributed by atoms with van der Waals surface area (Å²) >= 11 is 0. The highest BCUT2D eigenvalue weighted by atomic mass is 16.5. The molecule has 0 radical (unpaired) electrons. The normalized spacial score (nSPS) is 9.59. The molecule has 0 amide bonds. The van der Waals surface area contributed by atoms with Crippen LogP contribution in [-0.2, 0) is 9.53 Å². The fraction of sp³-hybridized carbons (Fsp3) is 0.929. The highest BCUT2D eigenvalue weighted by Crippen LogP contribution is 1.93. The number of hydrogen-bond acceptors (Lipinski definition) is 3. The standard InChI is InChI=1S/C6H12O2.C4H10O.2C2H6/c1-4-8-6(7)5(2)3;1-3-4(2)5;2*1-2/h5H,4H2,1-3H3;4-5H,3H2,1-2H3;2*1-2H3. The van der Waals surface area contributed by atoms with Crippen molar-refractivity contribution in [1.82, 2.24) is 0 Å². The van der Waals surface area contributed by atoms with Crippen LogP contribution in [0.1, 0.15) is 68.7 Å². The molecule has 0 fully saturated rings. The number of aliphatic hydroxyl groups excluding tert-OH is 1. The van der Waals surface area contributed by atoms with Crippen LogP contribution in [0.4, 0.5) is 0 Å². The summed E-state index contributed by atoms with van der Waals surface area (Å²) < 4.78 is 4.66. The first kappa shape index (κ1) is 25.3. The van der Waals surface area contributed by atoms with Crippen LogP contribution in [0.2, 0.25) is 0 Å². The molecule has 0 aliphatic rings. The van der Waals surface area contributed by atoms with E-state index in [0.717, 1.165) is 6.42 Å². The third-order valence-electron chi connectivity index (χ3n) is 1.35. The number of rotatable bonds is 3. The van der Waals surface area contributed by atoms with Crippen LogP contribution in [0, 0.1) is 5.92 Å². The van der Waals surface area contributed by atoms with Gasteiger partial charge in [0.2, 0.25) is 0 Å². The van der Waals surface area contributed by atoms with Gasteiger partial charge >= 0.3 is 5.97 Å². The minimum Gasteiger partial charge on any atom is -0.466 e. The Morgan fingerprint density at radius 3 is 1.41 bits per heavy atom. The third kappa shape index (κ3) is 39.2. The van der Waals surface area contributed by atoms with Gasteiger partial charge in [-0.1, -0.05) is 48.5 Å². The summed E-state index contributed by atoms with van der Waals surface area (Å²) in [6.45, 7) is 17.7. The van der Waals surface area contributed by atoms with Gasteiger partial charge in [0, 0.05) is 0 Å². The molecule has 0 aliphatic carbocycles. The Morgan fingerprint density at radius 1 is 1.06 bits per heavy atom. The molecule has 1 unspecified atom stereocenters. The van der Waals surface area contributed by atoms with E-state index in [9.17, 15) is 4.79 Å². The summed E-state index contributed by atoms with van der Waals surface area (Å²) in [4.78, 5) is 10.5. The smallest absolute Gasteiger partial charge is 0.308 e. The van der Waals surface area contributed by atoms with Crippen molar-refractivity contribution in [1.29, 1.82) is 0 Å². The molecule has 0 aliphatic heterocycles. The van der Waals surface area contributed by atoms with Crippen molar-refractivity contribution in [2.24, 2.45) is 5.92 Å². The molecule has 0 aromatic carbocycles. The van der Waals surface area contributed by atoms with Gasteiger partial charge in [0.05, 0.1) is 18.6 Å². The number of hydrogen-bond donors (Lipinski definition) is 1. The van der Waals surface area contributed by atoms with E-state index in [1.165, 1.54) is 0 Å². The second-order valence-corrected chi connectivity index (χ2v) is 3.16. The van der Waals surface area contributed by atoms with Crippen molar-refractivity contribution in [2.45, 2.75) is 74.8 Å². The van der Waals surface area contributed by atoms with Crippen LogP contribution < -0.4 is 0 Å². The maximum absolute atomic E-state index is 10.5. The Labute approximate surface area is 109 Å². The van der Waals surface area contributed by atoms with E-state index in [1.807, 2.05) is 48.5 Å². The van der Waals surface area contributed by atoms with Crippen LogP contribution in [-0.4, -0.2) is 23.8 Å². The number of esters is 1. The lowest BCUT2D eigenvalue weighted by Gasteiger charge is -2.01. The summed E-state index contributed by atoms with van der Waals surface area (Å²) in [5.41, 5.74) is 0.